The third kappa shape index (κ3) is 45.7. The number of hydrogen-bond acceptors (Lipinski definition) is 5. The summed E-state index contributed by atoms with van der Waals surface area (Å²) in [4.78, 5) is 26.2. The van der Waals surface area contributed by atoms with E-state index in [1.54, 1.807) is 0 Å². The van der Waals surface area contributed by atoms with E-state index in [1.807, 2.05) is 0 Å². The fourth-order valence-corrected chi connectivity index (χ4v) is 7.75. The van der Waals surface area contributed by atoms with Crippen LogP contribution in [-0.2, 0) is 14.3 Å². The minimum atomic E-state index is -0.807. The average molecular weight is 880 g/mol. The maximum Gasteiger partial charge on any atom is 0.306 e. The van der Waals surface area contributed by atoms with Crippen LogP contribution in [0.3, 0.4) is 0 Å². The highest BCUT2D eigenvalue weighted by atomic mass is 16.5. The Balaban J connectivity index is 4.71. The molecule has 0 saturated heterocycles. The molecule has 0 spiro atoms. The molecule has 0 heterocycles. The van der Waals surface area contributed by atoms with Gasteiger partial charge in [-0.2, -0.15) is 0 Å². The number of aliphatic hydroxyl groups excluding tert-OH is 2. The Hall–Kier alpha value is -2.70. The summed E-state index contributed by atoms with van der Waals surface area (Å²) in [7, 11) is 0. The molecule has 63 heavy (non-hydrogen) atoms. The molecular weight excluding hydrogens is 779 g/mol. The number of nitrogens with one attached hydrogen (secondary N) is 1. The van der Waals surface area contributed by atoms with E-state index in [1.165, 1.54) is 109 Å². The summed E-state index contributed by atoms with van der Waals surface area (Å²) in [5, 5.41) is 23.8. The fourth-order valence-electron chi connectivity index (χ4n) is 7.75. The molecule has 0 radical (unpaired) electrons. The first-order chi connectivity index (χ1) is 31.0. The fraction of sp³-hybridized carbons (Fsp3) is 0.754. The molecular formula is C57H101NO5. The molecule has 0 aromatic rings. The summed E-state index contributed by atoms with van der Waals surface area (Å²) < 4.78 is 5.90. The second kappa shape index (κ2) is 50.3. The molecule has 364 valence electrons. The molecule has 3 N–H and O–H groups in total. The molecule has 0 aliphatic rings. The van der Waals surface area contributed by atoms with Crippen LogP contribution in [0.1, 0.15) is 252 Å². The van der Waals surface area contributed by atoms with Crippen molar-refractivity contribution in [2.75, 3.05) is 6.61 Å². The molecule has 3 atom stereocenters. The predicted molar refractivity (Wildman–Crippen MR) is 273 cm³/mol. The van der Waals surface area contributed by atoms with Crippen LogP contribution in [0, 0.1) is 0 Å². The maximum atomic E-state index is 13.2. The lowest BCUT2D eigenvalue weighted by Crippen LogP contribution is -2.46. The zero-order chi connectivity index (χ0) is 45.9. The summed E-state index contributed by atoms with van der Waals surface area (Å²) in [6.45, 7) is 6.35. The Morgan fingerprint density at radius 3 is 1.35 bits per heavy atom. The van der Waals surface area contributed by atoms with Gasteiger partial charge in [-0.25, -0.2) is 0 Å². The van der Waals surface area contributed by atoms with Crippen molar-refractivity contribution in [3.05, 3.63) is 72.9 Å². The van der Waals surface area contributed by atoms with E-state index in [-0.39, 0.29) is 24.9 Å². The van der Waals surface area contributed by atoms with Crippen molar-refractivity contribution < 1.29 is 24.5 Å². The average Bonchev–Trinajstić information content (AvgIpc) is 3.28. The van der Waals surface area contributed by atoms with E-state index in [9.17, 15) is 19.8 Å². The lowest BCUT2D eigenvalue weighted by atomic mass is 10.0. The SMILES string of the molecule is CC/C=C\C/C=C\C/C=C\C/C=C\C/C=C\CCCC(CC(=O)NC(CO)C(O)CCCCCCCCCCCCCCCC)OC(=O)CCCCC/C=C\CCCCCCCC. The van der Waals surface area contributed by atoms with E-state index in [0.29, 0.717) is 19.3 Å². The Morgan fingerprint density at radius 1 is 0.476 bits per heavy atom. The number of ether oxygens (including phenoxy) is 1. The van der Waals surface area contributed by atoms with Gasteiger partial charge in [-0.15, -0.1) is 0 Å². The van der Waals surface area contributed by atoms with Crippen molar-refractivity contribution >= 4 is 11.9 Å². The highest BCUT2D eigenvalue weighted by molar-refractivity contribution is 5.77. The van der Waals surface area contributed by atoms with Gasteiger partial charge >= 0.3 is 5.97 Å². The van der Waals surface area contributed by atoms with Crippen LogP contribution in [0.5, 0.6) is 0 Å². The molecule has 0 aromatic carbocycles. The molecule has 0 aromatic heterocycles. The molecule has 3 unspecified atom stereocenters. The monoisotopic (exact) mass is 880 g/mol. The second-order valence-corrected chi connectivity index (χ2v) is 17.9. The first-order valence-corrected chi connectivity index (χ1v) is 26.7. The molecule has 1 amide bonds. The number of carbonyl (C=O) groups excluding carboxylic acids is 2. The number of esters is 1. The van der Waals surface area contributed by atoms with E-state index < -0.39 is 18.2 Å². The number of rotatable bonds is 47. The van der Waals surface area contributed by atoms with Crippen LogP contribution < -0.4 is 5.32 Å². The van der Waals surface area contributed by atoms with Crippen molar-refractivity contribution in [2.24, 2.45) is 0 Å². The highest BCUT2D eigenvalue weighted by Gasteiger charge is 2.24. The van der Waals surface area contributed by atoms with Crippen molar-refractivity contribution in [1.82, 2.24) is 5.32 Å². The Bertz CT molecular complexity index is 1170. The lowest BCUT2D eigenvalue weighted by Gasteiger charge is -2.24. The Labute approximate surface area is 390 Å². The van der Waals surface area contributed by atoms with Crippen LogP contribution in [0.25, 0.3) is 0 Å². The third-order valence-electron chi connectivity index (χ3n) is 11.8. The number of carbonyl (C=O) groups is 2. The molecule has 0 rings (SSSR count). The van der Waals surface area contributed by atoms with Gasteiger partial charge in [0, 0.05) is 6.42 Å². The van der Waals surface area contributed by atoms with Gasteiger partial charge in [-0.1, -0.05) is 222 Å². The topological polar surface area (TPSA) is 95.9 Å². The van der Waals surface area contributed by atoms with Crippen molar-refractivity contribution in [2.45, 2.75) is 270 Å². The smallest absolute Gasteiger partial charge is 0.306 e. The summed E-state index contributed by atoms with van der Waals surface area (Å²) in [6, 6.07) is -0.725. The van der Waals surface area contributed by atoms with Gasteiger partial charge in [0.15, 0.2) is 0 Å². The highest BCUT2D eigenvalue weighted by Crippen LogP contribution is 2.17. The van der Waals surface area contributed by atoms with Gasteiger partial charge in [0.1, 0.15) is 6.10 Å². The van der Waals surface area contributed by atoms with Gasteiger partial charge in [-0.3, -0.25) is 9.59 Å². The summed E-state index contributed by atoms with van der Waals surface area (Å²) >= 11 is 0. The second-order valence-electron chi connectivity index (χ2n) is 17.9. The van der Waals surface area contributed by atoms with E-state index in [2.05, 4.69) is 99.0 Å². The maximum absolute atomic E-state index is 13.2. The predicted octanol–water partition coefficient (Wildman–Crippen LogP) is 16.2. The van der Waals surface area contributed by atoms with Gasteiger partial charge < -0.3 is 20.3 Å². The summed E-state index contributed by atoms with van der Waals surface area (Å²) in [5.74, 6) is -0.549. The van der Waals surface area contributed by atoms with Crippen LogP contribution in [0.15, 0.2) is 72.9 Å². The Morgan fingerprint density at radius 2 is 0.873 bits per heavy atom. The zero-order valence-electron chi connectivity index (χ0n) is 41.4. The number of hydrogen-bond donors (Lipinski definition) is 3. The van der Waals surface area contributed by atoms with E-state index in [0.717, 1.165) is 96.3 Å². The van der Waals surface area contributed by atoms with Crippen LogP contribution in [-0.4, -0.2) is 46.9 Å². The summed E-state index contributed by atoms with van der Waals surface area (Å²) in [6.07, 6.45) is 63.9. The molecule has 6 heteroatoms. The largest absolute Gasteiger partial charge is 0.462 e. The number of amides is 1. The van der Waals surface area contributed by atoms with Gasteiger partial charge in [0.25, 0.3) is 0 Å². The molecule has 0 fully saturated rings. The van der Waals surface area contributed by atoms with Gasteiger partial charge in [0.2, 0.25) is 5.91 Å². The molecule has 0 bridgehead atoms. The quantitative estimate of drug-likeness (QED) is 0.0321. The number of unbranched alkanes of at least 4 members (excludes halogenated alkanes) is 23. The van der Waals surface area contributed by atoms with Crippen LogP contribution in [0.2, 0.25) is 0 Å². The molecule has 6 nitrogen and oxygen atoms in total. The molecule has 0 saturated carbocycles. The van der Waals surface area contributed by atoms with Gasteiger partial charge in [0.05, 0.1) is 25.2 Å². The van der Waals surface area contributed by atoms with Gasteiger partial charge in [-0.05, 0) is 89.9 Å². The normalized spacial score (nSPS) is 13.8. The number of aliphatic hydroxyl groups is 2. The van der Waals surface area contributed by atoms with E-state index in [4.69, 9.17) is 4.74 Å². The number of allylic oxidation sites excluding steroid dienone is 12. The minimum absolute atomic E-state index is 0.0306. The van der Waals surface area contributed by atoms with E-state index >= 15 is 0 Å². The minimum Gasteiger partial charge on any atom is -0.462 e. The third-order valence-corrected chi connectivity index (χ3v) is 11.8. The molecule has 0 aliphatic carbocycles. The van der Waals surface area contributed by atoms with Crippen molar-refractivity contribution in [3.63, 3.8) is 0 Å². The van der Waals surface area contributed by atoms with Crippen LogP contribution in [0.4, 0.5) is 0 Å². The Kier molecular flexibility index (Phi) is 48.1. The van der Waals surface area contributed by atoms with Crippen LogP contribution >= 0.6 is 0 Å². The first-order valence-electron chi connectivity index (χ1n) is 26.7. The lowest BCUT2D eigenvalue weighted by molar-refractivity contribution is -0.151. The summed E-state index contributed by atoms with van der Waals surface area (Å²) in [5.41, 5.74) is 0. The molecule has 0 aliphatic heterocycles. The van der Waals surface area contributed by atoms with Crippen molar-refractivity contribution in [1.29, 1.82) is 0 Å². The van der Waals surface area contributed by atoms with Crippen molar-refractivity contribution in [3.8, 4) is 0 Å². The zero-order valence-corrected chi connectivity index (χ0v) is 41.4. The first kappa shape index (κ1) is 60.3. The standard InChI is InChI=1S/C57H101NO5/c1-4-7-10-13-16-19-22-25-27-28-29-31-33-36-39-42-45-48-53(63-57(62)50-47-44-41-38-35-30-24-21-18-15-12-9-6-3)51-56(61)58-54(52-59)55(60)49-46-43-40-37-34-32-26-23-20-17-14-11-8-5-2/h7,10,16,19,25,27,29-31,35-36,39,53-55,59-60H,4-6,8-9,11-15,17-18,20-24,26,28,32-34,37-38,40-52H2,1-3H3,(H,58,61)/b10-7-,19-16-,27-25-,31-29-,35-30-,39-36-.